The molecule has 0 aliphatic heterocycles. The maximum atomic E-state index is 5.97. The number of rotatable bonds is 7. The Hall–Kier alpha value is -1.88. The summed E-state index contributed by atoms with van der Waals surface area (Å²) in [4.78, 5) is 4.25. The lowest BCUT2D eigenvalue weighted by Crippen LogP contribution is -2.08. The van der Waals surface area contributed by atoms with Gasteiger partial charge in [0.2, 0.25) is 11.7 Å². The molecule has 0 saturated heterocycles. The fourth-order valence-electron chi connectivity index (χ4n) is 1.86. The first kappa shape index (κ1) is 14.5. The lowest BCUT2D eigenvalue weighted by molar-refractivity contribution is 0.285. The molecule has 0 aliphatic rings. The summed E-state index contributed by atoms with van der Waals surface area (Å²) < 4.78 is 10.7. The van der Waals surface area contributed by atoms with Gasteiger partial charge < -0.3 is 15.0 Å². The second-order valence-electron chi connectivity index (χ2n) is 4.73. The van der Waals surface area contributed by atoms with Gasteiger partial charge in [-0.2, -0.15) is 4.98 Å². The van der Waals surface area contributed by atoms with Crippen molar-refractivity contribution in [2.75, 3.05) is 0 Å². The van der Waals surface area contributed by atoms with Crippen LogP contribution in [0.25, 0.3) is 0 Å². The average Bonchev–Trinajstić information content (AvgIpc) is 2.93. The van der Waals surface area contributed by atoms with Crippen molar-refractivity contribution in [2.24, 2.45) is 5.73 Å². The summed E-state index contributed by atoms with van der Waals surface area (Å²) in [6.07, 6.45) is 2.71. The third kappa shape index (κ3) is 3.81. The SMILES string of the molecule is CCCc1nc(COc2ccc([C@H](N)CC)cc2)no1. The van der Waals surface area contributed by atoms with Crippen LogP contribution in [0.1, 0.15) is 50.0 Å². The van der Waals surface area contributed by atoms with Gasteiger partial charge in [0, 0.05) is 12.5 Å². The third-order valence-corrected chi connectivity index (χ3v) is 3.09. The number of hydrogen-bond acceptors (Lipinski definition) is 5. The van der Waals surface area contributed by atoms with Crippen molar-refractivity contribution in [3.63, 3.8) is 0 Å². The highest BCUT2D eigenvalue weighted by molar-refractivity contribution is 5.29. The van der Waals surface area contributed by atoms with Crippen LogP contribution in [-0.4, -0.2) is 10.1 Å². The van der Waals surface area contributed by atoms with E-state index in [4.69, 9.17) is 15.0 Å². The number of nitrogens with zero attached hydrogens (tertiary/aromatic N) is 2. The van der Waals surface area contributed by atoms with E-state index in [1.165, 1.54) is 0 Å². The Kier molecular flexibility index (Phi) is 5.12. The normalized spacial score (nSPS) is 12.3. The molecule has 0 unspecified atom stereocenters. The average molecular weight is 275 g/mol. The van der Waals surface area contributed by atoms with Crippen LogP contribution in [0.3, 0.4) is 0 Å². The van der Waals surface area contributed by atoms with Crippen molar-refractivity contribution in [2.45, 2.75) is 45.8 Å². The van der Waals surface area contributed by atoms with Gasteiger partial charge in [-0.3, -0.25) is 0 Å². The van der Waals surface area contributed by atoms with Crippen molar-refractivity contribution in [3.05, 3.63) is 41.5 Å². The minimum atomic E-state index is 0.0814. The Labute approximate surface area is 119 Å². The Morgan fingerprint density at radius 2 is 2.00 bits per heavy atom. The maximum Gasteiger partial charge on any atom is 0.226 e. The largest absolute Gasteiger partial charge is 0.485 e. The van der Waals surface area contributed by atoms with E-state index in [1.54, 1.807) is 0 Å². The molecule has 1 heterocycles. The van der Waals surface area contributed by atoms with E-state index in [-0.39, 0.29) is 6.04 Å². The van der Waals surface area contributed by atoms with Gasteiger partial charge in [0.05, 0.1) is 0 Å². The van der Waals surface area contributed by atoms with E-state index in [0.717, 1.165) is 30.6 Å². The fourth-order valence-corrected chi connectivity index (χ4v) is 1.86. The lowest BCUT2D eigenvalue weighted by Gasteiger charge is -2.10. The minimum Gasteiger partial charge on any atom is -0.485 e. The van der Waals surface area contributed by atoms with E-state index in [0.29, 0.717) is 18.3 Å². The van der Waals surface area contributed by atoms with Crippen LogP contribution in [0.2, 0.25) is 0 Å². The van der Waals surface area contributed by atoms with Crippen LogP contribution in [0.15, 0.2) is 28.8 Å². The Balaban J connectivity index is 1.89. The number of aryl methyl sites for hydroxylation is 1. The summed E-state index contributed by atoms with van der Waals surface area (Å²) in [5.41, 5.74) is 7.08. The predicted octanol–water partition coefficient (Wildman–Crippen LogP) is 3.01. The quantitative estimate of drug-likeness (QED) is 0.840. The van der Waals surface area contributed by atoms with Crippen LogP contribution in [0, 0.1) is 0 Å². The van der Waals surface area contributed by atoms with Crippen LogP contribution in [0.4, 0.5) is 0 Å². The van der Waals surface area contributed by atoms with Gasteiger partial charge in [-0.05, 0) is 30.5 Å². The fraction of sp³-hybridized carbons (Fsp3) is 0.467. The molecule has 5 heteroatoms. The molecule has 0 fully saturated rings. The smallest absolute Gasteiger partial charge is 0.226 e. The molecule has 0 spiro atoms. The molecule has 1 atom stereocenters. The molecule has 2 rings (SSSR count). The first-order chi connectivity index (χ1) is 9.72. The molecule has 108 valence electrons. The molecule has 2 aromatic rings. The molecule has 1 aromatic carbocycles. The summed E-state index contributed by atoms with van der Waals surface area (Å²) in [7, 11) is 0. The Morgan fingerprint density at radius 1 is 1.25 bits per heavy atom. The number of nitrogens with two attached hydrogens (primary N) is 1. The highest BCUT2D eigenvalue weighted by atomic mass is 16.5. The van der Waals surface area contributed by atoms with Gasteiger partial charge in [0.25, 0.3) is 0 Å². The summed E-state index contributed by atoms with van der Waals surface area (Å²) in [6, 6.07) is 7.89. The molecule has 0 saturated carbocycles. The van der Waals surface area contributed by atoms with Crippen LogP contribution in [0.5, 0.6) is 5.75 Å². The first-order valence-corrected chi connectivity index (χ1v) is 7.02. The number of aromatic nitrogens is 2. The molecule has 0 radical (unpaired) electrons. The second kappa shape index (κ2) is 7.05. The number of benzene rings is 1. The number of hydrogen-bond donors (Lipinski definition) is 1. The van der Waals surface area contributed by atoms with Gasteiger partial charge in [-0.25, -0.2) is 0 Å². The van der Waals surface area contributed by atoms with Gasteiger partial charge in [-0.1, -0.05) is 31.1 Å². The molecule has 20 heavy (non-hydrogen) atoms. The molecular weight excluding hydrogens is 254 g/mol. The van der Waals surface area contributed by atoms with Crippen molar-refractivity contribution < 1.29 is 9.26 Å². The Bertz CT molecular complexity index is 522. The monoisotopic (exact) mass is 275 g/mol. The van der Waals surface area contributed by atoms with Gasteiger partial charge in [0.15, 0.2) is 6.61 Å². The van der Waals surface area contributed by atoms with Crippen LogP contribution >= 0.6 is 0 Å². The molecule has 0 amide bonds. The van der Waals surface area contributed by atoms with E-state index in [9.17, 15) is 0 Å². The Morgan fingerprint density at radius 3 is 2.65 bits per heavy atom. The van der Waals surface area contributed by atoms with Crippen molar-refractivity contribution in [3.8, 4) is 5.75 Å². The summed E-state index contributed by atoms with van der Waals surface area (Å²) in [5.74, 6) is 2.01. The first-order valence-electron chi connectivity index (χ1n) is 7.02. The molecule has 5 nitrogen and oxygen atoms in total. The van der Waals surface area contributed by atoms with E-state index >= 15 is 0 Å². The van der Waals surface area contributed by atoms with E-state index < -0.39 is 0 Å². The maximum absolute atomic E-state index is 5.97. The number of ether oxygens (including phenoxy) is 1. The highest BCUT2D eigenvalue weighted by Crippen LogP contribution is 2.18. The molecule has 0 aliphatic carbocycles. The minimum absolute atomic E-state index is 0.0814. The summed E-state index contributed by atoms with van der Waals surface area (Å²) >= 11 is 0. The molecular formula is C15H21N3O2. The zero-order valence-electron chi connectivity index (χ0n) is 12.0. The second-order valence-corrected chi connectivity index (χ2v) is 4.73. The van der Waals surface area contributed by atoms with Crippen LogP contribution < -0.4 is 10.5 Å². The van der Waals surface area contributed by atoms with Crippen LogP contribution in [-0.2, 0) is 13.0 Å². The van der Waals surface area contributed by atoms with Gasteiger partial charge in [-0.15, -0.1) is 0 Å². The van der Waals surface area contributed by atoms with E-state index in [1.807, 2.05) is 24.3 Å². The summed E-state index contributed by atoms with van der Waals surface area (Å²) in [6.45, 7) is 4.45. The highest BCUT2D eigenvalue weighted by Gasteiger charge is 2.07. The van der Waals surface area contributed by atoms with Crippen molar-refractivity contribution >= 4 is 0 Å². The molecule has 0 bridgehead atoms. The molecule has 1 aromatic heterocycles. The third-order valence-electron chi connectivity index (χ3n) is 3.09. The summed E-state index contributed by atoms with van der Waals surface area (Å²) in [5, 5.41) is 3.88. The van der Waals surface area contributed by atoms with E-state index in [2.05, 4.69) is 24.0 Å². The van der Waals surface area contributed by atoms with Gasteiger partial charge >= 0.3 is 0 Å². The molecule has 2 N–H and O–H groups in total. The predicted molar refractivity (Wildman–Crippen MR) is 76.3 cm³/mol. The van der Waals surface area contributed by atoms with Gasteiger partial charge in [0.1, 0.15) is 5.75 Å². The van der Waals surface area contributed by atoms with Crippen molar-refractivity contribution in [1.29, 1.82) is 0 Å². The topological polar surface area (TPSA) is 74.2 Å². The standard InChI is InChI=1S/C15H21N3O2/c1-3-5-15-17-14(18-20-15)10-19-12-8-6-11(7-9-12)13(16)4-2/h6-9,13H,3-5,10,16H2,1-2H3/t13-/m1/s1. The van der Waals surface area contributed by atoms with Crippen molar-refractivity contribution in [1.82, 2.24) is 10.1 Å². The lowest BCUT2D eigenvalue weighted by atomic mass is 10.1. The zero-order chi connectivity index (χ0) is 14.4. The zero-order valence-corrected chi connectivity index (χ0v) is 12.0.